The molecule has 0 bridgehead atoms. The molecule has 30 heavy (non-hydrogen) atoms. The fraction of sp³-hybridized carbons (Fsp3) is 0.318. The number of hydrogen-bond acceptors (Lipinski definition) is 3. The quantitative estimate of drug-likeness (QED) is 0.776. The predicted molar refractivity (Wildman–Crippen MR) is 106 cm³/mol. The smallest absolute Gasteiger partial charge is 0.256 e. The van der Waals surface area contributed by atoms with Crippen LogP contribution in [-0.4, -0.2) is 60.2 Å². The van der Waals surface area contributed by atoms with Crippen LogP contribution in [0.5, 0.6) is 0 Å². The molecule has 156 valence electrons. The topological polar surface area (TPSA) is 60.9 Å². The normalized spacial score (nSPS) is 19.3. The van der Waals surface area contributed by atoms with E-state index in [1.54, 1.807) is 17.0 Å². The maximum absolute atomic E-state index is 13.9. The molecule has 4 rings (SSSR count). The maximum Gasteiger partial charge on any atom is 0.256 e. The Morgan fingerprint density at radius 3 is 2.30 bits per heavy atom. The van der Waals surface area contributed by atoms with Crippen LogP contribution in [-0.2, 0) is 9.59 Å². The van der Waals surface area contributed by atoms with E-state index in [1.807, 2.05) is 0 Å². The molecular weight excluding hydrogens is 392 g/mol. The average Bonchev–Trinajstić information content (AvgIpc) is 3.15. The van der Waals surface area contributed by atoms with Crippen LogP contribution in [0.1, 0.15) is 16.8 Å². The fourth-order valence-electron chi connectivity index (χ4n) is 3.96. The molecule has 0 aromatic heterocycles. The average molecular weight is 413 g/mol. The zero-order valence-corrected chi connectivity index (χ0v) is 16.3. The molecule has 0 radical (unpaired) electrons. The minimum absolute atomic E-state index is 0.0180. The summed E-state index contributed by atoms with van der Waals surface area (Å²) in [6, 6.07) is 11.6. The maximum atomic E-state index is 13.9. The van der Waals surface area contributed by atoms with Crippen molar-refractivity contribution < 1.29 is 23.2 Å². The molecule has 0 spiro atoms. The molecule has 2 fully saturated rings. The van der Waals surface area contributed by atoms with Crippen LogP contribution in [0.3, 0.4) is 0 Å². The van der Waals surface area contributed by atoms with Crippen molar-refractivity contribution in [3.05, 3.63) is 65.7 Å². The van der Waals surface area contributed by atoms with Crippen molar-refractivity contribution >= 4 is 23.4 Å². The number of benzene rings is 2. The van der Waals surface area contributed by atoms with Gasteiger partial charge in [-0.1, -0.05) is 18.2 Å². The van der Waals surface area contributed by atoms with Gasteiger partial charge in [-0.25, -0.2) is 8.78 Å². The number of hydrogen-bond donors (Lipinski definition) is 0. The second-order valence-electron chi connectivity index (χ2n) is 7.48. The zero-order valence-electron chi connectivity index (χ0n) is 16.3. The fourth-order valence-corrected chi connectivity index (χ4v) is 3.96. The number of amides is 3. The number of halogens is 2. The third kappa shape index (κ3) is 3.90. The molecule has 8 heteroatoms. The summed E-state index contributed by atoms with van der Waals surface area (Å²) in [6.07, 6.45) is 0.0731. The van der Waals surface area contributed by atoms with Crippen molar-refractivity contribution in [1.82, 2.24) is 9.80 Å². The highest BCUT2D eigenvalue weighted by atomic mass is 19.1. The highest BCUT2D eigenvalue weighted by Gasteiger charge is 2.38. The number of anilines is 1. The minimum atomic E-state index is -0.567. The van der Waals surface area contributed by atoms with E-state index in [4.69, 9.17) is 0 Å². The van der Waals surface area contributed by atoms with E-state index >= 15 is 0 Å². The van der Waals surface area contributed by atoms with Crippen LogP contribution in [0.15, 0.2) is 48.5 Å². The lowest BCUT2D eigenvalue weighted by Gasteiger charge is -2.36. The van der Waals surface area contributed by atoms with Crippen LogP contribution in [0.4, 0.5) is 14.5 Å². The Morgan fingerprint density at radius 1 is 0.900 bits per heavy atom. The summed E-state index contributed by atoms with van der Waals surface area (Å²) in [5.74, 6) is -2.27. The third-order valence-corrected chi connectivity index (χ3v) is 5.58. The van der Waals surface area contributed by atoms with Gasteiger partial charge in [0.25, 0.3) is 5.91 Å². The number of piperazine rings is 1. The lowest BCUT2D eigenvalue weighted by Crippen LogP contribution is -2.52. The molecule has 0 aliphatic carbocycles. The summed E-state index contributed by atoms with van der Waals surface area (Å²) in [6.45, 7) is 1.45. The summed E-state index contributed by atoms with van der Waals surface area (Å²) < 4.78 is 27.3. The van der Waals surface area contributed by atoms with Crippen molar-refractivity contribution in [2.45, 2.75) is 6.42 Å². The molecule has 2 aliphatic rings. The van der Waals surface area contributed by atoms with Gasteiger partial charge in [0.1, 0.15) is 11.6 Å². The Bertz CT molecular complexity index is 989. The largest absolute Gasteiger partial charge is 0.339 e. The van der Waals surface area contributed by atoms with Gasteiger partial charge in [-0.3, -0.25) is 14.4 Å². The molecule has 0 saturated carbocycles. The van der Waals surface area contributed by atoms with E-state index in [2.05, 4.69) is 0 Å². The van der Waals surface area contributed by atoms with Crippen molar-refractivity contribution in [3.8, 4) is 0 Å². The van der Waals surface area contributed by atoms with Gasteiger partial charge in [0.05, 0.1) is 11.5 Å². The first-order valence-electron chi connectivity index (χ1n) is 9.82. The standard InChI is InChI=1S/C22H21F2N3O3/c23-16-4-3-5-17(13-16)27-14-15(12-20(27)28)21(29)25-8-10-26(11-9-25)22(30)18-6-1-2-7-19(18)24/h1-7,13,15H,8-12,14H2. The van der Waals surface area contributed by atoms with E-state index in [9.17, 15) is 23.2 Å². The number of carbonyl (C=O) groups excluding carboxylic acids is 3. The van der Waals surface area contributed by atoms with E-state index < -0.39 is 23.5 Å². The molecule has 2 heterocycles. The zero-order chi connectivity index (χ0) is 21.3. The molecule has 2 aromatic carbocycles. The summed E-state index contributed by atoms with van der Waals surface area (Å²) >= 11 is 0. The summed E-state index contributed by atoms with van der Waals surface area (Å²) in [5.41, 5.74) is 0.458. The number of nitrogens with zero attached hydrogens (tertiary/aromatic N) is 3. The van der Waals surface area contributed by atoms with E-state index in [0.29, 0.717) is 31.9 Å². The van der Waals surface area contributed by atoms with E-state index in [-0.39, 0.29) is 30.3 Å². The highest BCUT2D eigenvalue weighted by molar-refractivity contribution is 6.00. The second kappa shape index (κ2) is 8.22. The minimum Gasteiger partial charge on any atom is -0.339 e. The molecule has 2 saturated heterocycles. The Morgan fingerprint density at radius 2 is 1.60 bits per heavy atom. The lowest BCUT2D eigenvalue weighted by molar-refractivity contribution is -0.137. The first kappa shape index (κ1) is 20.0. The third-order valence-electron chi connectivity index (χ3n) is 5.58. The molecule has 6 nitrogen and oxygen atoms in total. The summed E-state index contributed by atoms with van der Waals surface area (Å²) in [5, 5.41) is 0. The second-order valence-corrected chi connectivity index (χ2v) is 7.48. The monoisotopic (exact) mass is 413 g/mol. The predicted octanol–water partition coefficient (Wildman–Crippen LogP) is 2.30. The Labute approximate surface area is 172 Å². The molecule has 1 unspecified atom stereocenters. The van der Waals surface area contributed by atoms with E-state index in [1.165, 1.54) is 46.2 Å². The summed E-state index contributed by atoms with van der Waals surface area (Å²) in [7, 11) is 0. The van der Waals surface area contributed by atoms with Crippen LogP contribution in [0.25, 0.3) is 0 Å². The SMILES string of the molecule is O=C(c1ccccc1F)N1CCN(C(=O)C2CC(=O)N(c3cccc(F)c3)C2)CC1. The van der Waals surface area contributed by atoms with Gasteiger partial charge in [0.2, 0.25) is 11.8 Å². The first-order valence-corrected chi connectivity index (χ1v) is 9.82. The van der Waals surface area contributed by atoms with Gasteiger partial charge in [-0.05, 0) is 30.3 Å². The highest BCUT2D eigenvalue weighted by Crippen LogP contribution is 2.27. The molecule has 2 aromatic rings. The van der Waals surface area contributed by atoms with Crippen LogP contribution < -0.4 is 4.90 Å². The van der Waals surface area contributed by atoms with Crippen molar-refractivity contribution in [1.29, 1.82) is 0 Å². The Balaban J connectivity index is 1.36. The van der Waals surface area contributed by atoms with Crippen molar-refractivity contribution in [3.63, 3.8) is 0 Å². The van der Waals surface area contributed by atoms with Crippen molar-refractivity contribution in [2.24, 2.45) is 5.92 Å². The molecule has 3 amide bonds. The molecule has 2 aliphatic heterocycles. The van der Waals surface area contributed by atoms with Crippen LogP contribution in [0.2, 0.25) is 0 Å². The number of carbonyl (C=O) groups is 3. The van der Waals surface area contributed by atoms with Gasteiger partial charge >= 0.3 is 0 Å². The molecule has 0 N–H and O–H groups in total. The van der Waals surface area contributed by atoms with Gasteiger partial charge in [-0.2, -0.15) is 0 Å². The van der Waals surface area contributed by atoms with Gasteiger partial charge in [-0.15, -0.1) is 0 Å². The van der Waals surface area contributed by atoms with Crippen LogP contribution in [0, 0.1) is 17.6 Å². The Hall–Kier alpha value is -3.29. The van der Waals surface area contributed by atoms with Crippen LogP contribution >= 0.6 is 0 Å². The molecular formula is C22H21F2N3O3. The lowest BCUT2D eigenvalue weighted by atomic mass is 10.1. The van der Waals surface area contributed by atoms with Gasteiger partial charge in [0, 0.05) is 44.8 Å². The summed E-state index contributed by atoms with van der Waals surface area (Å²) in [4.78, 5) is 42.4. The van der Waals surface area contributed by atoms with E-state index in [0.717, 1.165) is 0 Å². The number of rotatable bonds is 3. The van der Waals surface area contributed by atoms with Crippen molar-refractivity contribution in [2.75, 3.05) is 37.6 Å². The first-order chi connectivity index (χ1) is 14.4. The van der Waals surface area contributed by atoms with Gasteiger partial charge < -0.3 is 14.7 Å². The Kier molecular flexibility index (Phi) is 5.48. The molecule has 1 atom stereocenters. The van der Waals surface area contributed by atoms with Gasteiger partial charge in [0.15, 0.2) is 0 Å².